The molecule has 0 radical (unpaired) electrons. The molecule has 4 nitrogen and oxygen atoms in total. The maximum atomic E-state index is 5.50. The molecule has 1 aromatic carbocycles. The molecule has 0 spiro atoms. The van der Waals surface area contributed by atoms with Crippen LogP contribution in [0.2, 0.25) is 0 Å². The van der Waals surface area contributed by atoms with Gasteiger partial charge in [0.15, 0.2) is 0 Å². The van der Waals surface area contributed by atoms with Gasteiger partial charge in [-0.05, 0) is 31.1 Å². The maximum absolute atomic E-state index is 5.50. The lowest BCUT2D eigenvalue weighted by Crippen LogP contribution is -2.29. The summed E-state index contributed by atoms with van der Waals surface area (Å²) in [5, 5.41) is 3.38. The fourth-order valence-electron chi connectivity index (χ4n) is 2.18. The second-order valence-corrected chi connectivity index (χ2v) is 4.54. The van der Waals surface area contributed by atoms with E-state index in [2.05, 4.69) is 21.4 Å². The molecular formula is C14H17N3O. The maximum Gasteiger partial charge on any atom is 0.121 e. The summed E-state index contributed by atoms with van der Waals surface area (Å²) in [7, 11) is 0. The Labute approximate surface area is 106 Å². The Morgan fingerprint density at radius 3 is 3.17 bits per heavy atom. The molecule has 2 aromatic rings. The summed E-state index contributed by atoms with van der Waals surface area (Å²) >= 11 is 0. The van der Waals surface area contributed by atoms with Crippen LogP contribution in [0.5, 0.6) is 0 Å². The first-order chi connectivity index (χ1) is 8.92. The van der Waals surface area contributed by atoms with Gasteiger partial charge in [0.05, 0.1) is 23.8 Å². The number of H-pyrrole nitrogens is 1. The van der Waals surface area contributed by atoms with Crippen LogP contribution in [0.1, 0.15) is 18.7 Å². The summed E-state index contributed by atoms with van der Waals surface area (Å²) < 4.78 is 5.50. The number of aromatic nitrogens is 2. The van der Waals surface area contributed by atoms with Crippen molar-refractivity contribution in [2.45, 2.75) is 25.5 Å². The molecule has 0 bridgehead atoms. The van der Waals surface area contributed by atoms with Crippen LogP contribution >= 0.6 is 0 Å². The normalized spacial score (nSPS) is 19.0. The number of nitrogens with zero attached hydrogens (tertiary/aromatic N) is 1. The van der Waals surface area contributed by atoms with Crippen molar-refractivity contribution in [3.05, 3.63) is 42.4 Å². The Kier molecular flexibility index (Phi) is 3.28. The molecule has 1 aromatic heterocycles. The first kappa shape index (κ1) is 11.3. The lowest BCUT2D eigenvalue weighted by molar-refractivity contribution is 0.122. The monoisotopic (exact) mass is 243 g/mol. The van der Waals surface area contributed by atoms with Crippen molar-refractivity contribution >= 4 is 11.0 Å². The zero-order valence-corrected chi connectivity index (χ0v) is 10.2. The lowest BCUT2D eigenvalue weighted by atomic mass is 10.1. The van der Waals surface area contributed by atoms with E-state index in [1.165, 1.54) is 0 Å². The average molecular weight is 243 g/mol. The molecule has 0 saturated carbocycles. The van der Waals surface area contributed by atoms with Crippen molar-refractivity contribution in [2.75, 3.05) is 6.54 Å². The average Bonchev–Trinajstić information content (AvgIpc) is 2.82. The minimum atomic E-state index is 0.291. The summed E-state index contributed by atoms with van der Waals surface area (Å²) in [5.74, 6) is 0.975. The van der Waals surface area contributed by atoms with E-state index in [1.807, 2.05) is 24.3 Å². The molecule has 2 heterocycles. The van der Waals surface area contributed by atoms with Crippen LogP contribution in [0.15, 0.2) is 36.6 Å². The summed E-state index contributed by atoms with van der Waals surface area (Å²) in [4.78, 5) is 7.83. The third-order valence-electron chi connectivity index (χ3n) is 3.13. The Morgan fingerprint density at radius 2 is 2.33 bits per heavy atom. The third kappa shape index (κ3) is 2.54. The zero-order chi connectivity index (χ0) is 12.2. The molecule has 1 unspecified atom stereocenters. The number of ether oxygens (including phenoxy) is 1. The molecule has 0 aliphatic carbocycles. The van der Waals surface area contributed by atoms with Gasteiger partial charge in [0.2, 0.25) is 0 Å². The third-order valence-corrected chi connectivity index (χ3v) is 3.13. The number of hydrogen-bond donors (Lipinski definition) is 2. The first-order valence-electron chi connectivity index (χ1n) is 6.36. The van der Waals surface area contributed by atoms with Crippen LogP contribution in [0, 0.1) is 0 Å². The molecule has 0 amide bonds. The topological polar surface area (TPSA) is 49.9 Å². The Morgan fingerprint density at radius 1 is 1.39 bits per heavy atom. The number of benzene rings is 1. The van der Waals surface area contributed by atoms with Gasteiger partial charge in [0, 0.05) is 6.54 Å². The second kappa shape index (κ2) is 5.23. The fraction of sp³-hybridized carbons (Fsp3) is 0.357. The van der Waals surface area contributed by atoms with E-state index >= 15 is 0 Å². The highest BCUT2D eigenvalue weighted by Crippen LogP contribution is 2.11. The van der Waals surface area contributed by atoms with Crippen LogP contribution < -0.4 is 5.32 Å². The van der Waals surface area contributed by atoms with Crippen molar-refractivity contribution in [3.63, 3.8) is 0 Å². The highest BCUT2D eigenvalue weighted by Gasteiger charge is 2.10. The van der Waals surface area contributed by atoms with E-state index in [0.29, 0.717) is 6.10 Å². The van der Waals surface area contributed by atoms with Crippen LogP contribution in [0.25, 0.3) is 11.0 Å². The molecule has 1 aliphatic rings. The number of fused-ring (bicyclic) bond motifs is 1. The predicted molar refractivity (Wildman–Crippen MR) is 71.0 cm³/mol. The van der Waals surface area contributed by atoms with Crippen molar-refractivity contribution in [3.8, 4) is 0 Å². The molecule has 1 atom stereocenters. The largest absolute Gasteiger partial charge is 0.497 e. The van der Waals surface area contributed by atoms with E-state index in [4.69, 9.17) is 4.74 Å². The molecule has 1 aliphatic heterocycles. The fourth-order valence-corrected chi connectivity index (χ4v) is 2.18. The van der Waals surface area contributed by atoms with Crippen LogP contribution in [-0.4, -0.2) is 22.6 Å². The summed E-state index contributed by atoms with van der Waals surface area (Å²) in [6.07, 6.45) is 6.35. The van der Waals surface area contributed by atoms with Gasteiger partial charge in [-0.2, -0.15) is 0 Å². The van der Waals surface area contributed by atoms with Gasteiger partial charge in [-0.3, -0.25) is 0 Å². The number of nitrogens with one attached hydrogen (secondary N) is 2. The highest BCUT2D eigenvalue weighted by atomic mass is 16.5. The van der Waals surface area contributed by atoms with E-state index in [0.717, 1.165) is 42.8 Å². The first-order valence-corrected chi connectivity index (χ1v) is 6.36. The van der Waals surface area contributed by atoms with Gasteiger partial charge in [0.25, 0.3) is 0 Å². The van der Waals surface area contributed by atoms with Crippen LogP contribution in [0.3, 0.4) is 0 Å². The number of allylic oxidation sites excluding steroid dienone is 1. The number of para-hydroxylation sites is 2. The highest BCUT2D eigenvalue weighted by molar-refractivity contribution is 5.74. The second-order valence-electron chi connectivity index (χ2n) is 4.54. The predicted octanol–water partition coefficient (Wildman–Crippen LogP) is 2.35. The minimum Gasteiger partial charge on any atom is -0.497 e. The van der Waals surface area contributed by atoms with Gasteiger partial charge < -0.3 is 15.0 Å². The molecule has 18 heavy (non-hydrogen) atoms. The molecule has 3 rings (SSSR count). The number of imidazole rings is 1. The number of aromatic amines is 1. The van der Waals surface area contributed by atoms with Gasteiger partial charge in [-0.15, -0.1) is 0 Å². The molecule has 0 saturated heterocycles. The smallest absolute Gasteiger partial charge is 0.121 e. The molecular weight excluding hydrogens is 226 g/mol. The van der Waals surface area contributed by atoms with E-state index in [1.54, 1.807) is 6.26 Å². The van der Waals surface area contributed by atoms with Crippen LogP contribution in [0.4, 0.5) is 0 Å². The Balaban J connectivity index is 1.54. The molecule has 94 valence electrons. The van der Waals surface area contributed by atoms with Crippen molar-refractivity contribution in [1.82, 2.24) is 15.3 Å². The standard InChI is InChI=1S/C14H17N3O/c1-2-7-13-12(6-1)16-14(17-13)10-15-9-11-5-3-4-8-18-11/h1-2,4,6-8,11,15H,3,5,9-10H2,(H,16,17). The number of rotatable bonds is 4. The molecule has 2 N–H and O–H groups in total. The van der Waals surface area contributed by atoms with E-state index < -0.39 is 0 Å². The van der Waals surface area contributed by atoms with Crippen molar-refractivity contribution in [2.24, 2.45) is 0 Å². The van der Waals surface area contributed by atoms with Gasteiger partial charge in [0.1, 0.15) is 11.9 Å². The van der Waals surface area contributed by atoms with E-state index in [9.17, 15) is 0 Å². The van der Waals surface area contributed by atoms with Gasteiger partial charge >= 0.3 is 0 Å². The quantitative estimate of drug-likeness (QED) is 0.866. The van der Waals surface area contributed by atoms with Crippen molar-refractivity contribution in [1.29, 1.82) is 0 Å². The summed E-state index contributed by atoms with van der Waals surface area (Å²) in [5.41, 5.74) is 2.11. The molecule has 0 fully saturated rings. The van der Waals surface area contributed by atoms with E-state index in [-0.39, 0.29) is 0 Å². The number of hydrogen-bond acceptors (Lipinski definition) is 3. The van der Waals surface area contributed by atoms with Gasteiger partial charge in [-0.25, -0.2) is 4.98 Å². The zero-order valence-electron chi connectivity index (χ0n) is 10.2. The summed E-state index contributed by atoms with van der Waals surface area (Å²) in [6.45, 7) is 1.61. The Bertz CT molecular complexity index is 514. The van der Waals surface area contributed by atoms with Gasteiger partial charge in [-0.1, -0.05) is 12.1 Å². The summed E-state index contributed by atoms with van der Waals surface area (Å²) in [6, 6.07) is 8.08. The van der Waals surface area contributed by atoms with Crippen LogP contribution in [-0.2, 0) is 11.3 Å². The van der Waals surface area contributed by atoms with Crippen molar-refractivity contribution < 1.29 is 4.74 Å². The Hall–Kier alpha value is -1.81. The SMILES string of the molecule is C1=COC(CNCc2nc3ccccc3[nH]2)CC1. The minimum absolute atomic E-state index is 0.291. The molecule has 4 heteroatoms. The lowest BCUT2D eigenvalue weighted by Gasteiger charge is -2.19.